The number of benzene rings is 2. The molecule has 2 aromatic carbocycles. The summed E-state index contributed by atoms with van der Waals surface area (Å²) in [6.45, 7) is 2.06. The minimum atomic E-state index is -0.711. The summed E-state index contributed by atoms with van der Waals surface area (Å²) in [5.74, 6) is -0.394. The van der Waals surface area contributed by atoms with Crippen LogP contribution >= 0.6 is 12.4 Å². The summed E-state index contributed by atoms with van der Waals surface area (Å²) < 4.78 is 4.91. The molecule has 0 fully saturated rings. The van der Waals surface area contributed by atoms with Gasteiger partial charge in [0.2, 0.25) is 0 Å². The first-order valence-electron chi connectivity index (χ1n) is 7.31. The first kappa shape index (κ1) is 17.2. The van der Waals surface area contributed by atoms with E-state index in [4.69, 9.17) is 10.5 Å². The summed E-state index contributed by atoms with van der Waals surface area (Å²) >= 11 is 0. The Balaban J connectivity index is 0.00000192. The lowest BCUT2D eigenvalue weighted by molar-refractivity contribution is -0.144. The maximum Gasteiger partial charge on any atom is 0.323 e. The van der Waals surface area contributed by atoms with E-state index in [2.05, 4.69) is 0 Å². The molecule has 23 heavy (non-hydrogen) atoms. The van der Waals surface area contributed by atoms with E-state index in [9.17, 15) is 9.59 Å². The van der Waals surface area contributed by atoms with Gasteiger partial charge in [-0.2, -0.15) is 0 Å². The van der Waals surface area contributed by atoms with Gasteiger partial charge < -0.3 is 10.5 Å². The number of hydrogen-bond donors (Lipinski definition) is 1. The topological polar surface area (TPSA) is 69.4 Å². The van der Waals surface area contributed by atoms with Crippen molar-refractivity contribution in [2.45, 2.75) is 19.4 Å². The largest absolute Gasteiger partial charge is 0.465 e. The fraction of sp³-hybridized carbons (Fsp3) is 0.222. The number of carbonyl (C=O) groups is 2. The van der Waals surface area contributed by atoms with Crippen molar-refractivity contribution in [1.82, 2.24) is 0 Å². The van der Waals surface area contributed by atoms with Crippen molar-refractivity contribution in [2.75, 3.05) is 6.61 Å². The average molecular weight is 332 g/mol. The second-order valence-corrected chi connectivity index (χ2v) is 5.32. The molecule has 3 rings (SSSR count). The highest BCUT2D eigenvalue weighted by Gasteiger charge is 2.26. The smallest absolute Gasteiger partial charge is 0.323 e. The van der Waals surface area contributed by atoms with E-state index >= 15 is 0 Å². The lowest BCUT2D eigenvalue weighted by Gasteiger charge is -2.11. The minimum Gasteiger partial charge on any atom is -0.465 e. The number of halogens is 1. The maximum absolute atomic E-state index is 12.4. The second kappa shape index (κ2) is 6.94. The maximum atomic E-state index is 12.4. The molecule has 4 nitrogen and oxygen atoms in total. The monoisotopic (exact) mass is 331 g/mol. The zero-order valence-corrected chi connectivity index (χ0v) is 13.6. The predicted molar refractivity (Wildman–Crippen MR) is 90.9 cm³/mol. The van der Waals surface area contributed by atoms with Gasteiger partial charge in [-0.15, -0.1) is 12.4 Å². The van der Waals surface area contributed by atoms with Gasteiger partial charge in [0.05, 0.1) is 6.61 Å². The van der Waals surface area contributed by atoms with Crippen LogP contribution in [0.1, 0.15) is 28.4 Å². The third-order valence-corrected chi connectivity index (χ3v) is 3.84. The Hall–Kier alpha value is -2.17. The molecule has 2 aromatic rings. The first-order valence-corrected chi connectivity index (χ1v) is 7.31. The van der Waals surface area contributed by atoms with Crippen molar-refractivity contribution in [2.24, 2.45) is 5.73 Å². The molecule has 0 spiro atoms. The standard InChI is InChI=1S/C18H17NO3.ClH/c1-2-22-18(21)16(19)10-11-7-8-13-12-5-3-4-6-14(12)17(20)15(13)9-11;/h3-9,16H,2,10,19H2,1H3;1H. The van der Waals surface area contributed by atoms with Crippen molar-refractivity contribution in [3.8, 4) is 11.1 Å². The second-order valence-electron chi connectivity index (χ2n) is 5.32. The van der Waals surface area contributed by atoms with Gasteiger partial charge in [0.25, 0.3) is 0 Å². The molecule has 0 amide bonds. The third-order valence-electron chi connectivity index (χ3n) is 3.84. The molecule has 0 aliphatic heterocycles. The molecule has 0 saturated heterocycles. The summed E-state index contributed by atoms with van der Waals surface area (Å²) in [5, 5.41) is 0. The molecule has 0 aromatic heterocycles. The molecule has 1 aliphatic carbocycles. The number of hydrogen-bond acceptors (Lipinski definition) is 4. The van der Waals surface area contributed by atoms with Crippen LogP contribution in [0.15, 0.2) is 42.5 Å². The van der Waals surface area contributed by atoms with Crippen molar-refractivity contribution in [1.29, 1.82) is 0 Å². The molecule has 0 bridgehead atoms. The summed E-state index contributed by atoms with van der Waals surface area (Å²) in [6.07, 6.45) is 0.357. The Bertz CT molecular complexity index is 758. The lowest BCUT2D eigenvalue weighted by Crippen LogP contribution is -2.34. The normalized spacial score (nSPS) is 12.9. The van der Waals surface area contributed by atoms with Gasteiger partial charge in [-0.05, 0) is 36.1 Å². The minimum absolute atomic E-state index is 0. The number of rotatable bonds is 4. The SMILES string of the molecule is CCOC(=O)C(N)Cc1ccc2c(c1)C(=O)c1ccccc1-2.Cl. The lowest BCUT2D eigenvalue weighted by atomic mass is 9.99. The summed E-state index contributed by atoms with van der Waals surface area (Å²) in [7, 11) is 0. The summed E-state index contributed by atoms with van der Waals surface area (Å²) in [6, 6.07) is 12.5. The van der Waals surface area contributed by atoms with Crippen LogP contribution in [-0.4, -0.2) is 24.4 Å². The molecule has 120 valence electrons. The van der Waals surface area contributed by atoms with E-state index in [-0.39, 0.29) is 18.2 Å². The van der Waals surface area contributed by atoms with Crippen molar-refractivity contribution in [3.63, 3.8) is 0 Å². The Labute approximate surface area is 141 Å². The highest BCUT2D eigenvalue weighted by atomic mass is 35.5. The van der Waals surface area contributed by atoms with Crippen LogP contribution in [0.25, 0.3) is 11.1 Å². The number of esters is 1. The molecule has 0 radical (unpaired) electrons. The molecule has 1 atom stereocenters. The van der Waals surface area contributed by atoms with Crippen LogP contribution in [0.3, 0.4) is 0 Å². The molecule has 5 heteroatoms. The molecule has 0 saturated carbocycles. The zero-order valence-electron chi connectivity index (χ0n) is 12.7. The van der Waals surface area contributed by atoms with Crippen LogP contribution in [0, 0.1) is 0 Å². The van der Waals surface area contributed by atoms with Crippen LogP contribution in [0.5, 0.6) is 0 Å². The fourth-order valence-electron chi connectivity index (χ4n) is 2.79. The van der Waals surface area contributed by atoms with E-state index in [1.807, 2.05) is 42.5 Å². The van der Waals surface area contributed by atoms with Gasteiger partial charge >= 0.3 is 5.97 Å². The quantitative estimate of drug-likeness (QED) is 0.746. The molecular formula is C18H18ClNO3. The van der Waals surface area contributed by atoms with E-state index in [1.165, 1.54) is 0 Å². The highest BCUT2D eigenvalue weighted by molar-refractivity contribution is 6.21. The van der Waals surface area contributed by atoms with Crippen LogP contribution < -0.4 is 5.73 Å². The number of carbonyl (C=O) groups excluding carboxylic acids is 2. The third kappa shape index (κ3) is 3.14. The van der Waals surface area contributed by atoms with Crippen LogP contribution in [-0.2, 0) is 16.0 Å². The molecule has 1 aliphatic rings. The zero-order chi connectivity index (χ0) is 15.7. The number of ketones is 1. The summed E-state index contributed by atoms with van der Waals surface area (Å²) in [5.41, 5.74) is 10.0. The van der Waals surface area contributed by atoms with Gasteiger partial charge in [-0.25, -0.2) is 0 Å². The van der Waals surface area contributed by atoms with Gasteiger partial charge in [0.1, 0.15) is 6.04 Å². The van der Waals surface area contributed by atoms with Gasteiger partial charge in [-0.3, -0.25) is 9.59 Å². The average Bonchev–Trinajstić information content (AvgIpc) is 2.81. The highest BCUT2D eigenvalue weighted by Crippen LogP contribution is 2.36. The van der Waals surface area contributed by atoms with E-state index in [0.29, 0.717) is 18.6 Å². The Morgan fingerprint density at radius 1 is 1.09 bits per heavy atom. The van der Waals surface area contributed by atoms with Crippen molar-refractivity contribution >= 4 is 24.2 Å². The molecule has 1 unspecified atom stereocenters. The number of fused-ring (bicyclic) bond motifs is 3. The number of ether oxygens (including phenoxy) is 1. The molecule has 0 heterocycles. The first-order chi connectivity index (χ1) is 10.6. The Morgan fingerprint density at radius 2 is 1.74 bits per heavy atom. The van der Waals surface area contributed by atoms with E-state index in [0.717, 1.165) is 22.3 Å². The van der Waals surface area contributed by atoms with Gasteiger partial charge in [0, 0.05) is 11.1 Å². The van der Waals surface area contributed by atoms with Crippen LogP contribution in [0.2, 0.25) is 0 Å². The Morgan fingerprint density at radius 3 is 2.43 bits per heavy atom. The van der Waals surface area contributed by atoms with Gasteiger partial charge in [-0.1, -0.05) is 36.4 Å². The predicted octanol–water partition coefficient (Wildman–Crippen LogP) is 2.75. The van der Waals surface area contributed by atoms with Crippen molar-refractivity contribution < 1.29 is 14.3 Å². The van der Waals surface area contributed by atoms with E-state index < -0.39 is 12.0 Å². The molecule has 2 N–H and O–H groups in total. The van der Waals surface area contributed by atoms with Crippen molar-refractivity contribution in [3.05, 3.63) is 59.2 Å². The Kier molecular flexibility index (Phi) is 5.19. The van der Waals surface area contributed by atoms with Gasteiger partial charge in [0.15, 0.2) is 5.78 Å². The van der Waals surface area contributed by atoms with Crippen LogP contribution in [0.4, 0.5) is 0 Å². The number of nitrogens with two attached hydrogens (primary N) is 1. The fourth-order valence-corrected chi connectivity index (χ4v) is 2.79. The summed E-state index contributed by atoms with van der Waals surface area (Å²) in [4.78, 5) is 24.0. The van der Waals surface area contributed by atoms with E-state index in [1.54, 1.807) is 6.92 Å². The molecular weight excluding hydrogens is 314 g/mol.